The van der Waals surface area contributed by atoms with Gasteiger partial charge in [-0.1, -0.05) is 25.5 Å². The molecule has 3 heterocycles. The van der Waals surface area contributed by atoms with E-state index in [0.29, 0.717) is 18.4 Å². The van der Waals surface area contributed by atoms with E-state index in [9.17, 15) is 14.7 Å². The fourth-order valence-corrected chi connectivity index (χ4v) is 9.44. The number of hydrogen-bond donors (Lipinski definition) is 1. The largest absolute Gasteiger partial charge is 0.459 e. The molecule has 6 nitrogen and oxygen atoms in total. The molecule has 8 fully saturated rings. The molecule has 9 atom stereocenters. The third-order valence-corrected chi connectivity index (χ3v) is 10.1. The summed E-state index contributed by atoms with van der Waals surface area (Å²) in [4.78, 5) is 27.8. The highest BCUT2D eigenvalue weighted by atomic mass is 16.6. The number of fused-ring (bicyclic) bond motifs is 2. The molecule has 2 spiro atoms. The summed E-state index contributed by atoms with van der Waals surface area (Å²) in [6.45, 7) is 8.23. The van der Waals surface area contributed by atoms with Crippen LogP contribution in [0, 0.1) is 34.0 Å². The van der Waals surface area contributed by atoms with Gasteiger partial charge in [0.15, 0.2) is 0 Å². The predicted molar refractivity (Wildman–Crippen MR) is 108 cm³/mol. The first kappa shape index (κ1) is 19.3. The maximum absolute atomic E-state index is 13.7. The van der Waals surface area contributed by atoms with E-state index in [1.807, 2.05) is 4.90 Å². The van der Waals surface area contributed by atoms with Gasteiger partial charge in [-0.25, -0.2) is 0 Å². The maximum atomic E-state index is 13.7. The molecule has 3 aliphatic heterocycles. The van der Waals surface area contributed by atoms with E-state index in [-0.39, 0.29) is 53.7 Å². The average Bonchev–Trinajstić information content (AvgIpc) is 2.70. The second-order valence-electron chi connectivity index (χ2n) is 11.2. The number of rotatable bonds is 3. The molecule has 6 heteroatoms. The molecular weight excluding hydrogens is 382 g/mol. The van der Waals surface area contributed by atoms with E-state index in [4.69, 9.17) is 9.47 Å². The number of piperidine rings is 1. The molecule has 1 amide bonds. The van der Waals surface area contributed by atoms with Gasteiger partial charge in [0.2, 0.25) is 5.91 Å². The second kappa shape index (κ2) is 5.89. The molecule has 0 aromatic carbocycles. The van der Waals surface area contributed by atoms with Crippen LogP contribution in [-0.4, -0.2) is 53.5 Å². The van der Waals surface area contributed by atoms with Crippen LogP contribution in [0.3, 0.4) is 0 Å². The first-order valence-electron chi connectivity index (χ1n) is 11.7. The fraction of sp³-hybridized carbons (Fsp3) is 0.833. The minimum absolute atomic E-state index is 0.00270. The van der Waals surface area contributed by atoms with Crippen molar-refractivity contribution in [1.82, 2.24) is 4.90 Å². The van der Waals surface area contributed by atoms with Crippen LogP contribution < -0.4 is 0 Å². The molecule has 0 aromatic heterocycles. The van der Waals surface area contributed by atoms with Crippen LogP contribution in [0.1, 0.15) is 58.8 Å². The van der Waals surface area contributed by atoms with Crippen molar-refractivity contribution in [1.29, 1.82) is 0 Å². The Bertz CT molecular complexity index is 841. The molecule has 5 saturated carbocycles. The lowest BCUT2D eigenvalue weighted by Crippen LogP contribution is -2.85. The summed E-state index contributed by atoms with van der Waals surface area (Å²) in [6.07, 6.45) is 6.25. The smallest absolute Gasteiger partial charge is 0.303 e. The summed E-state index contributed by atoms with van der Waals surface area (Å²) in [5.41, 5.74) is 0.521. The van der Waals surface area contributed by atoms with E-state index in [1.54, 1.807) is 0 Å². The summed E-state index contributed by atoms with van der Waals surface area (Å²) in [7, 11) is 0. The van der Waals surface area contributed by atoms with Crippen LogP contribution in [0.25, 0.3) is 0 Å². The molecule has 8 rings (SSSR count). The summed E-state index contributed by atoms with van der Waals surface area (Å²) in [5, 5.41) is 9.76. The van der Waals surface area contributed by atoms with Crippen molar-refractivity contribution in [3.05, 3.63) is 12.2 Å². The standard InChI is InChI=1S/C24H33NO5/c1-13-12-23-8-5-15(13)11-16(23)24-7-4-6-22(3)18(24)17(29-14(2)27)19(23)30-21(24)25(9-10-26)20(22)28/h15-19,21,26H,1,4-12H2,2-3H3/t15-,16+,17-,18+,19+,21+,22+,23+,24+/m0/s1. The molecule has 8 aliphatic rings. The predicted octanol–water partition coefficient (Wildman–Crippen LogP) is 2.65. The van der Waals surface area contributed by atoms with Crippen LogP contribution in [0.4, 0.5) is 0 Å². The number of aliphatic hydroxyl groups excluding tert-OH is 1. The third-order valence-electron chi connectivity index (χ3n) is 10.1. The minimum Gasteiger partial charge on any atom is -0.459 e. The molecule has 30 heavy (non-hydrogen) atoms. The lowest BCUT2D eigenvalue weighted by molar-refractivity contribution is -0.407. The Balaban J connectivity index is 1.58. The zero-order valence-electron chi connectivity index (χ0n) is 18.1. The number of allylic oxidation sites excluding steroid dienone is 1. The number of ether oxygens (including phenoxy) is 2. The summed E-state index contributed by atoms with van der Waals surface area (Å²) in [5.74, 6) is 0.806. The summed E-state index contributed by atoms with van der Waals surface area (Å²) in [6, 6.07) is 0. The lowest BCUT2D eigenvalue weighted by Gasteiger charge is -2.79. The van der Waals surface area contributed by atoms with Gasteiger partial charge in [0.05, 0.1) is 12.0 Å². The number of carbonyl (C=O) groups excluding carboxylic acids is 2. The quantitative estimate of drug-likeness (QED) is 0.567. The molecule has 3 saturated heterocycles. The zero-order valence-corrected chi connectivity index (χ0v) is 18.1. The first-order valence-corrected chi connectivity index (χ1v) is 11.7. The van der Waals surface area contributed by atoms with E-state index in [1.165, 1.54) is 12.5 Å². The molecule has 5 aliphatic carbocycles. The van der Waals surface area contributed by atoms with Crippen LogP contribution in [0.5, 0.6) is 0 Å². The molecule has 164 valence electrons. The van der Waals surface area contributed by atoms with Gasteiger partial charge in [0.25, 0.3) is 0 Å². The lowest BCUT2D eigenvalue weighted by atomic mass is 9.32. The fourth-order valence-electron chi connectivity index (χ4n) is 9.44. The van der Waals surface area contributed by atoms with Crippen molar-refractivity contribution >= 4 is 11.9 Å². The van der Waals surface area contributed by atoms with Crippen molar-refractivity contribution in [2.45, 2.75) is 77.2 Å². The van der Waals surface area contributed by atoms with Crippen molar-refractivity contribution in [3.63, 3.8) is 0 Å². The van der Waals surface area contributed by atoms with Crippen molar-refractivity contribution in [2.75, 3.05) is 13.2 Å². The van der Waals surface area contributed by atoms with Crippen LogP contribution in [-0.2, 0) is 19.1 Å². The van der Waals surface area contributed by atoms with E-state index < -0.39 is 5.41 Å². The van der Waals surface area contributed by atoms with Crippen molar-refractivity contribution in [3.8, 4) is 0 Å². The van der Waals surface area contributed by atoms with E-state index in [0.717, 1.165) is 44.9 Å². The molecule has 0 unspecified atom stereocenters. The molecule has 1 N–H and O–H groups in total. The minimum atomic E-state index is -0.568. The van der Waals surface area contributed by atoms with Gasteiger partial charge in [-0.05, 0) is 50.4 Å². The van der Waals surface area contributed by atoms with Gasteiger partial charge in [-0.3, -0.25) is 9.59 Å². The number of aliphatic hydroxyl groups is 1. The number of esters is 1. The highest BCUT2D eigenvalue weighted by Gasteiger charge is 2.82. The number of amides is 1. The Morgan fingerprint density at radius 3 is 2.87 bits per heavy atom. The average molecular weight is 416 g/mol. The van der Waals surface area contributed by atoms with Crippen LogP contribution in [0.15, 0.2) is 12.2 Å². The van der Waals surface area contributed by atoms with Gasteiger partial charge in [0, 0.05) is 30.2 Å². The highest BCUT2D eigenvalue weighted by molar-refractivity contribution is 5.85. The second-order valence-corrected chi connectivity index (χ2v) is 11.2. The molecule has 0 aromatic rings. The number of carbonyl (C=O) groups is 2. The van der Waals surface area contributed by atoms with E-state index in [2.05, 4.69) is 13.5 Å². The number of β-amino-alcohol motifs (C(OH)–C–C–N with tert-alkyl or cyclic N) is 1. The topological polar surface area (TPSA) is 76.1 Å². The highest BCUT2D eigenvalue weighted by Crippen LogP contribution is 2.78. The third kappa shape index (κ3) is 1.95. The number of hydrogen-bond acceptors (Lipinski definition) is 5. The number of nitrogens with zero attached hydrogens (tertiary/aromatic N) is 1. The maximum Gasteiger partial charge on any atom is 0.303 e. The number of likely N-dealkylation sites (tertiary alicyclic amines) is 1. The Kier molecular flexibility index (Phi) is 3.79. The van der Waals surface area contributed by atoms with Crippen molar-refractivity contribution < 1.29 is 24.2 Å². The summed E-state index contributed by atoms with van der Waals surface area (Å²) < 4.78 is 12.9. The van der Waals surface area contributed by atoms with Crippen LogP contribution in [0.2, 0.25) is 0 Å². The Hall–Kier alpha value is -1.40. The van der Waals surface area contributed by atoms with E-state index >= 15 is 0 Å². The van der Waals surface area contributed by atoms with Crippen LogP contribution >= 0.6 is 0 Å². The Morgan fingerprint density at radius 1 is 1.37 bits per heavy atom. The Labute approximate surface area is 178 Å². The SMILES string of the molecule is C=C1C[C@]23CC[C@H]1C[C@H]2[C@@]12CCC[C@@]4(C)C(=O)N(CCO)[C@@H]1O[C@@H]3[C@@H](OC(C)=O)[C@@H]24. The molecule has 0 radical (unpaired) electrons. The molecule has 7 bridgehead atoms. The first-order chi connectivity index (χ1) is 14.3. The summed E-state index contributed by atoms with van der Waals surface area (Å²) >= 11 is 0. The molecular formula is C24H33NO5. The zero-order chi connectivity index (χ0) is 21.1. The Morgan fingerprint density at radius 2 is 2.17 bits per heavy atom. The van der Waals surface area contributed by atoms with Gasteiger partial charge < -0.3 is 19.5 Å². The van der Waals surface area contributed by atoms with Gasteiger partial charge in [0.1, 0.15) is 18.4 Å². The normalized spacial score (nSPS) is 53.0. The van der Waals surface area contributed by atoms with Gasteiger partial charge in [-0.2, -0.15) is 0 Å². The van der Waals surface area contributed by atoms with Gasteiger partial charge >= 0.3 is 5.97 Å². The van der Waals surface area contributed by atoms with Crippen molar-refractivity contribution in [2.24, 2.45) is 34.0 Å². The monoisotopic (exact) mass is 415 g/mol. The van der Waals surface area contributed by atoms with Gasteiger partial charge in [-0.15, -0.1) is 0 Å².